The van der Waals surface area contributed by atoms with Gasteiger partial charge in [-0.15, -0.1) is 0 Å². The average Bonchev–Trinajstić information content (AvgIpc) is 2.61. The maximum Gasteiger partial charge on any atom is 0.189 e. The van der Waals surface area contributed by atoms with Crippen LogP contribution in [0.25, 0.3) is 0 Å². The van der Waals surface area contributed by atoms with Crippen LogP contribution in [0, 0.1) is 0 Å². The Morgan fingerprint density at radius 2 is 1.96 bits per heavy atom. The zero-order chi connectivity index (χ0) is 17.2. The molecule has 0 unspecified atom stereocenters. The Balaban J connectivity index is 1.61. The Morgan fingerprint density at radius 1 is 1.21 bits per heavy atom. The first-order valence-corrected chi connectivity index (χ1v) is 8.54. The van der Waals surface area contributed by atoms with Crippen LogP contribution >= 0.6 is 24.4 Å². The molecule has 0 amide bonds. The normalized spacial score (nSPS) is 14.5. The largest absolute Gasteiger partial charge is 0.497 e. The third kappa shape index (κ3) is 6.83. The molecule has 0 radical (unpaired) electrons. The summed E-state index contributed by atoms with van der Waals surface area (Å²) in [5.41, 5.74) is 6.54. The summed E-state index contributed by atoms with van der Waals surface area (Å²) in [5.74, 6) is 0.760. The van der Waals surface area contributed by atoms with E-state index in [0.29, 0.717) is 10.2 Å². The number of rotatable bonds is 5. The van der Waals surface area contributed by atoms with Gasteiger partial charge < -0.3 is 20.1 Å². The Bertz CT molecular complexity index is 552. The number of hydrogen-bond donors (Lipinski definition) is 4. The lowest BCUT2D eigenvalue weighted by atomic mass is 10.3. The van der Waals surface area contributed by atoms with Crippen molar-refractivity contribution in [2.75, 3.05) is 51.8 Å². The summed E-state index contributed by atoms with van der Waals surface area (Å²) >= 11 is 10.4. The van der Waals surface area contributed by atoms with Gasteiger partial charge in [0.1, 0.15) is 5.75 Å². The van der Waals surface area contributed by atoms with Gasteiger partial charge in [0.05, 0.1) is 20.3 Å². The predicted molar refractivity (Wildman–Crippen MR) is 103 cm³/mol. The molecule has 1 heterocycles. The summed E-state index contributed by atoms with van der Waals surface area (Å²) in [4.78, 5) is 2.33. The van der Waals surface area contributed by atoms with Gasteiger partial charge in [-0.1, -0.05) is 6.07 Å². The lowest BCUT2D eigenvalue weighted by Crippen LogP contribution is -2.50. The van der Waals surface area contributed by atoms with Crippen molar-refractivity contribution in [3.63, 3.8) is 0 Å². The number of ether oxygens (including phenoxy) is 2. The van der Waals surface area contributed by atoms with Crippen LogP contribution in [-0.2, 0) is 4.74 Å². The summed E-state index contributed by atoms with van der Waals surface area (Å²) in [6, 6.07) is 7.50. The Kier molecular flexibility index (Phi) is 7.96. The second-order valence-corrected chi connectivity index (χ2v) is 5.96. The minimum Gasteiger partial charge on any atom is -0.497 e. The second kappa shape index (κ2) is 10.2. The van der Waals surface area contributed by atoms with Crippen LogP contribution < -0.4 is 26.2 Å². The first-order chi connectivity index (χ1) is 11.7. The van der Waals surface area contributed by atoms with Gasteiger partial charge >= 0.3 is 0 Å². The predicted octanol–water partition coefficient (Wildman–Crippen LogP) is 0.693. The zero-order valence-corrected chi connectivity index (χ0v) is 15.3. The van der Waals surface area contributed by atoms with E-state index >= 15 is 0 Å². The van der Waals surface area contributed by atoms with Gasteiger partial charge in [0.2, 0.25) is 0 Å². The Hall–Kier alpha value is -1.68. The van der Waals surface area contributed by atoms with Crippen LogP contribution in [0.1, 0.15) is 0 Å². The van der Waals surface area contributed by atoms with Crippen LogP contribution in [-0.4, -0.2) is 61.6 Å². The van der Waals surface area contributed by atoms with Crippen LogP contribution in [0.15, 0.2) is 24.3 Å². The number of anilines is 1. The van der Waals surface area contributed by atoms with E-state index in [4.69, 9.17) is 33.9 Å². The standard InChI is InChI=1S/C15H23N5O2S2/c1-21-13-4-2-3-12(11-13)17-15(24)19-18-14(23)16-5-6-20-7-9-22-10-8-20/h2-4,11H,5-10H2,1H3,(H2,16,18,23)(H2,17,19,24). The summed E-state index contributed by atoms with van der Waals surface area (Å²) in [6.07, 6.45) is 0. The highest BCUT2D eigenvalue weighted by molar-refractivity contribution is 7.80. The van der Waals surface area contributed by atoms with Gasteiger partial charge in [-0.2, -0.15) is 0 Å². The van der Waals surface area contributed by atoms with E-state index < -0.39 is 0 Å². The molecule has 1 saturated heterocycles. The van der Waals surface area contributed by atoms with Gasteiger partial charge in [0.25, 0.3) is 0 Å². The number of nitrogens with one attached hydrogen (secondary N) is 4. The highest BCUT2D eigenvalue weighted by Gasteiger charge is 2.09. The molecule has 1 fully saturated rings. The average molecular weight is 370 g/mol. The number of hydrogen-bond acceptors (Lipinski definition) is 5. The van der Waals surface area contributed by atoms with Crippen molar-refractivity contribution in [1.29, 1.82) is 0 Å². The smallest absolute Gasteiger partial charge is 0.189 e. The number of morpholine rings is 1. The SMILES string of the molecule is COc1cccc(NC(=S)NNC(=S)NCCN2CCOCC2)c1. The lowest BCUT2D eigenvalue weighted by Gasteiger charge is -2.26. The number of nitrogens with zero attached hydrogens (tertiary/aromatic N) is 1. The molecule has 0 aromatic heterocycles. The molecule has 24 heavy (non-hydrogen) atoms. The van der Waals surface area contributed by atoms with Gasteiger partial charge in [-0.3, -0.25) is 15.8 Å². The highest BCUT2D eigenvalue weighted by atomic mass is 32.1. The van der Waals surface area contributed by atoms with Gasteiger partial charge in [0, 0.05) is 37.9 Å². The molecule has 4 N–H and O–H groups in total. The molecular formula is C15H23N5O2S2. The van der Waals surface area contributed by atoms with E-state index in [-0.39, 0.29) is 0 Å². The zero-order valence-electron chi connectivity index (χ0n) is 13.6. The minimum atomic E-state index is 0.417. The minimum absolute atomic E-state index is 0.417. The summed E-state index contributed by atoms with van der Waals surface area (Å²) in [6.45, 7) is 5.23. The molecule has 0 bridgehead atoms. The Morgan fingerprint density at radius 3 is 2.71 bits per heavy atom. The van der Waals surface area contributed by atoms with Crippen molar-refractivity contribution in [3.8, 4) is 5.75 Å². The highest BCUT2D eigenvalue weighted by Crippen LogP contribution is 2.16. The first-order valence-electron chi connectivity index (χ1n) is 7.72. The second-order valence-electron chi connectivity index (χ2n) is 5.15. The summed E-state index contributed by atoms with van der Waals surface area (Å²) in [5, 5.41) is 7.10. The van der Waals surface area contributed by atoms with Crippen molar-refractivity contribution in [2.24, 2.45) is 0 Å². The monoisotopic (exact) mass is 369 g/mol. The topological polar surface area (TPSA) is 69.8 Å². The molecule has 0 saturated carbocycles. The maximum atomic E-state index is 5.32. The van der Waals surface area contributed by atoms with E-state index in [1.165, 1.54) is 0 Å². The molecule has 1 aromatic rings. The number of hydrazine groups is 1. The van der Waals surface area contributed by atoms with E-state index in [9.17, 15) is 0 Å². The molecule has 2 rings (SSSR count). The van der Waals surface area contributed by atoms with Crippen LogP contribution in [0.3, 0.4) is 0 Å². The fraction of sp³-hybridized carbons (Fsp3) is 0.467. The van der Waals surface area contributed by atoms with E-state index in [1.807, 2.05) is 24.3 Å². The van der Waals surface area contributed by atoms with E-state index in [2.05, 4.69) is 26.4 Å². The molecule has 1 aliphatic rings. The number of methoxy groups -OCH3 is 1. The third-order valence-electron chi connectivity index (χ3n) is 3.43. The molecule has 1 aliphatic heterocycles. The molecule has 7 nitrogen and oxygen atoms in total. The molecular weight excluding hydrogens is 346 g/mol. The van der Waals surface area contributed by atoms with E-state index in [0.717, 1.165) is 50.8 Å². The fourth-order valence-electron chi connectivity index (χ4n) is 2.17. The quantitative estimate of drug-likeness (QED) is 0.443. The van der Waals surface area contributed by atoms with Crippen molar-refractivity contribution in [1.82, 2.24) is 21.1 Å². The number of thiocarbonyl (C=S) groups is 2. The van der Waals surface area contributed by atoms with Crippen molar-refractivity contribution >= 4 is 40.3 Å². The van der Waals surface area contributed by atoms with Crippen molar-refractivity contribution < 1.29 is 9.47 Å². The molecule has 9 heteroatoms. The third-order valence-corrected chi connectivity index (χ3v) is 3.88. The van der Waals surface area contributed by atoms with E-state index in [1.54, 1.807) is 7.11 Å². The number of benzene rings is 1. The Labute approximate surface area is 153 Å². The van der Waals surface area contributed by atoms with Crippen LogP contribution in [0.5, 0.6) is 5.75 Å². The first kappa shape index (κ1) is 18.7. The van der Waals surface area contributed by atoms with Gasteiger partial charge in [-0.25, -0.2) is 0 Å². The van der Waals surface area contributed by atoms with Crippen LogP contribution in [0.4, 0.5) is 5.69 Å². The molecule has 0 spiro atoms. The van der Waals surface area contributed by atoms with Crippen molar-refractivity contribution in [2.45, 2.75) is 0 Å². The molecule has 0 atom stereocenters. The van der Waals surface area contributed by atoms with Gasteiger partial charge in [0.15, 0.2) is 10.2 Å². The van der Waals surface area contributed by atoms with Crippen LogP contribution in [0.2, 0.25) is 0 Å². The molecule has 1 aromatic carbocycles. The van der Waals surface area contributed by atoms with Crippen molar-refractivity contribution in [3.05, 3.63) is 24.3 Å². The summed E-state index contributed by atoms with van der Waals surface area (Å²) in [7, 11) is 1.62. The van der Waals surface area contributed by atoms with Gasteiger partial charge in [-0.05, 0) is 36.6 Å². The summed E-state index contributed by atoms with van der Waals surface area (Å²) < 4.78 is 10.5. The fourth-order valence-corrected chi connectivity index (χ4v) is 2.50. The maximum absolute atomic E-state index is 5.32. The lowest BCUT2D eigenvalue weighted by molar-refractivity contribution is 0.0389. The molecule has 132 valence electrons. The molecule has 0 aliphatic carbocycles.